The molecule has 1 aliphatic heterocycles. The molecule has 2 aromatic carbocycles. The topological polar surface area (TPSA) is 56.1 Å². The van der Waals surface area contributed by atoms with Gasteiger partial charge in [0.1, 0.15) is 12.1 Å². The third-order valence-electron chi connectivity index (χ3n) is 4.08. The molecule has 110 valence electrons. The van der Waals surface area contributed by atoms with Crippen molar-refractivity contribution in [3.05, 3.63) is 59.7 Å². The number of carbonyl (C=O) groups excluding carboxylic acids is 1. The molecule has 22 heavy (non-hydrogen) atoms. The molecule has 1 heterocycles. The van der Waals surface area contributed by atoms with Crippen LogP contribution in [0.4, 0.5) is 11.4 Å². The molecule has 1 aliphatic rings. The molecule has 3 rings (SSSR count). The van der Waals surface area contributed by atoms with Crippen LogP contribution in [-0.4, -0.2) is 18.5 Å². The van der Waals surface area contributed by atoms with E-state index in [1.807, 2.05) is 25.1 Å². The van der Waals surface area contributed by atoms with Crippen LogP contribution in [0.3, 0.4) is 0 Å². The van der Waals surface area contributed by atoms with Gasteiger partial charge in [0.15, 0.2) is 0 Å². The lowest BCUT2D eigenvalue weighted by atomic mass is 10.1. The van der Waals surface area contributed by atoms with Gasteiger partial charge in [-0.1, -0.05) is 30.3 Å². The minimum absolute atomic E-state index is 0.0978. The first-order valence-electron chi connectivity index (χ1n) is 7.35. The first-order valence-corrected chi connectivity index (χ1v) is 7.35. The van der Waals surface area contributed by atoms with Gasteiger partial charge in [0, 0.05) is 12.2 Å². The molecular formula is C18H17N3O. The number of amides is 1. The van der Waals surface area contributed by atoms with Crippen molar-refractivity contribution in [1.82, 2.24) is 0 Å². The van der Waals surface area contributed by atoms with Crippen LogP contribution in [0.5, 0.6) is 0 Å². The Labute approximate surface area is 130 Å². The van der Waals surface area contributed by atoms with E-state index in [0.29, 0.717) is 11.3 Å². The van der Waals surface area contributed by atoms with Gasteiger partial charge >= 0.3 is 0 Å². The van der Waals surface area contributed by atoms with E-state index in [9.17, 15) is 4.79 Å². The summed E-state index contributed by atoms with van der Waals surface area (Å²) in [5.41, 5.74) is 3.44. The molecule has 0 saturated carbocycles. The zero-order chi connectivity index (χ0) is 15.5. The van der Waals surface area contributed by atoms with E-state index in [4.69, 9.17) is 5.26 Å². The molecule has 0 aliphatic carbocycles. The van der Waals surface area contributed by atoms with Gasteiger partial charge in [-0.25, -0.2) is 0 Å². The van der Waals surface area contributed by atoms with Gasteiger partial charge in [-0.15, -0.1) is 0 Å². The van der Waals surface area contributed by atoms with Crippen LogP contribution < -0.4 is 10.2 Å². The summed E-state index contributed by atoms with van der Waals surface area (Å²) in [7, 11) is 0. The molecule has 0 fully saturated rings. The van der Waals surface area contributed by atoms with Gasteiger partial charge in [0.25, 0.3) is 0 Å². The molecule has 1 unspecified atom stereocenters. The summed E-state index contributed by atoms with van der Waals surface area (Å²) in [4.78, 5) is 14.6. The fraction of sp³-hybridized carbons (Fsp3) is 0.222. The van der Waals surface area contributed by atoms with Crippen molar-refractivity contribution in [1.29, 1.82) is 5.26 Å². The lowest BCUT2D eigenvalue weighted by molar-refractivity contribution is -0.117. The molecule has 0 bridgehead atoms. The fourth-order valence-electron chi connectivity index (χ4n) is 2.83. The Morgan fingerprint density at radius 3 is 2.77 bits per heavy atom. The Hall–Kier alpha value is -2.80. The van der Waals surface area contributed by atoms with Crippen LogP contribution in [0.15, 0.2) is 48.5 Å². The van der Waals surface area contributed by atoms with Gasteiger partial charge < -0.3 is 10.2 Å². The zero-order valence-corrected chi connectivity index (χ0v) is 12.4. The van der Waals surface area contributed by atoms with Crippen molar-refractivity contribution in [3.63, 3.8) is 0 Å². The normalized spacial score (nSPS) is 14.1. The van der Waals surface area contributed by atoms with Crippen LogP contribution in [0.2, 0.25) is 0 Å². The largest absolute Gasteiger partial charge is 0.359 e. The minimum atomic E-state index is -0.282. The number of benzene rings is 2. The summed E-state index contributed by atoms with van der Waals surface area (Å²) in [6, 6.07) is 17.0. The molecule has 0 radical (unpaired) electrons. The van der Waals surface area contributed by atoms with Crippen molar-refractivity contribution in [2.75, 3.05) is 16.8 Å². The van der Waals surface area contributed by atoms with Gasteiger partial charge in [0.05, 0.1) is 11.3 Å². The second-order valence-corrected chi connectivity index (χ2v) is 5.39. The molecule has 1 amide bonds. The predicted octanol–water partition coefficient (Wildman–Crippen LogP) is 2.95. The summed E-state index contributed by atoms with van der Waals surface area (Å²) in [5.74, 6) is -0.0978. The van der Waals surface area contributed by atoms with Crippen molar-refractivity contribution in [3.8, 4) is 6.07 Å². The summed E-state index contributed by atoms with van der Waals surface area (Å²) in [5, 5.41) is 12.0. The third kappa shape index (κ3) is 2.53. The molecule has 1 N–H and O–H groups in total. The Balaban J connectivity index is 1.78. The monoisotopic (exact) mass is 291 g/mol. The number of anilines is 2. The first-order chi connectivity index (χ1) is 10.7. The summed E-state index contributed by atoms with van der Waals surface area (Å²) in [6.07, 6.45) is 0.961. The maximum Gasteiger partial charge on any atom is 0.246 e. The number of para-hydroxylation sites is 2. The minimum Gasteiger partial charge on any atom is -0.359 e. The highest BCUT2D eigenvalue weighted by molar-refractivity contribution is 5.97. The smallest absolute Gasteiger partial charge is 0.246 e. The van der Waals surface area contributed by atoms with E-state index < -0.39 is 0 Å². The van der Waals surface area contributed by atoms with Crippen LogP contribution in [0.25, 0.3) is 0 Å². The number of hydrogen-bond acceptors (Lipinski definition) is 3. The average Bonchev–Trinajstić information content (AvgIpc) is 2.98. The molecule has 0 saturated heterocycles. The highest BCUT2D eigenvalue weighted by Crippen LogP contribution is 2.29. The maximum atomic E-state index is 12.5. The average molecular weight is 291 g/mol. The highest BCUT2D eigenvalue weighted by atomic mass is 16.2. The first kappa shape index (κ1) is 14.2. The standard InChI is InChI=1S/C18H17N3O/c1-13(21-11-10-14-6-3-5-9-17(14)21)18(22)20-16-8-4-2-7-15(16)12-19/h2-9,13H,10-11H2,1H3,(H,20,22). The molecule has 1 atom stereocenters. The summed E-state index contributed by atoms with van der Waals surface area (Å²) >= 11 is 0. The second kappa shape index (κ2) is 5.90. The summed E-state index contributed by atoms with van der Waals surface area (Å²) < 4.78 is 0. The van der Waals surface area contributed by atoms with Crippen molar-refractivity contribution in [2.45, 2.75) is 19.4 Å². The van der Waals surface area contributed by atoms with E-state index in [-0.39, 0.29) is 11.9 Å². The number of rotatable bonds is 3. The molecular weight excluding hydrogens is 274 g/mol. The van der Waals surface area contributed by atoms with Gasteiger partial charge in [0.2, 0.25) is 5.91 Å². The fourth-order valence-corrected chi connectivity index (χ4v) is 2.83. The van der Waals surface area contributed by atoms with E-state index in [0.717, 1.165) is 18.7 Å². The Kier molecular flexibility index (Phi) is 3.80. The summed E-state index contributed by atoms with van der Waals surface area (Å²) in [6.45, 7) is 2.74. The highest BCUT2D eigenvalue weighted by Gasteiger charge is 2.27. The van der Waals surface area contributed by atoms with E-state index in [1.165, 1.54) is 5.56 Å². The third-order valence-corrected chi connectivity index (χ3v) is 4.08. The van der Waals surface area contributed by atoms with Crippen LogP contribution >= 0.6 is 0 Å². The predicted molar refractivity (Wildman–Crippen MR) is 86.7 cm³/mol. The van der Waals surface area contributed by atoms with Crippen LogP contribution in [0, 0.1) is 11.3 Å². The van der Waals surface area contributed by atoms with Gasteiger partial charge in [-0.2, -0.15) is 5.26 Å². The quantitative estimate of drug-likeness (QED) is 0.946. The molecule has 0 spiro atoms. The maximum absolute atomic E-state index is 12.5. The number of nitriles is 1. The SMILES string of the molecule is CC(C(=O)Nc1ccccc1C#N)N1CCc2ccccc21. The lowest BCUT2D eigenvalue weighted by Gasteiger charge is -2.26. The van der Waals surface area contributed by atoms with E-state index in [2.05, 4.69) is 28.4 Å². The zero-order valence-electron chi connectivity index (χ0n) is 12.4. The van der Waals surface area contributed by atoms with Crippen molar-refractivity contribution in [2.24, 2.45) is 0 Å². The Morgan fingerprint density at radius 2 is 1.95 bits per heavy atom. The van der Waals surface area contributed by atoms with Gasteiger partial charge in [-0.05, 0) is 37.1 Å². The van der Waals surface area contributed by atoms with Gasteiger partial charge in [-0.3, -0.25) is 4.79 Å². The number of nitrogens with zero attached hydrogens (tertiary/aromatic N) is 2. The molecule has 0 aromatic heterocycles. The molecule has 4 nitrogen and oxygen atoms in total. The van der Waals surface area contributed by atoms with E-state index in [1.54, 1.807) is 18.2 Å². The number of fused-ring (bicyclic) bond motifs is 1. The lowest BCUT2D eigenvalue weighted by Crippen LogP contribution is -2.41. The molecule has 2 aromatic rings. The Morgan fingerprint density at radius 1 is 1.23 bits per heavy atom. The number of nitrogens with one attached hydrogen (secondary N) is 1. The second-order valence-electron chi connectivity index (χ2n) is 5.39. The molecule has 4 heteroatoms. The van der Waals surface area contributed by atoms with Crippen LogP contribution in [-0.2, 0) is 11.2 Å². The Bertz CT molecular complexity index is 748. The van der Waals surface area contributed by atoms with Crippen molar-refractivity contribution < 1.29 is 4.79 Å². The van der Waals surface area contributed by atoms with Crippen molar-refractivity contribution >= 4 is 17.3 Å². The van der Waals surface area contributed by atoms with Crippen LogP contribution in [0.1, 0.15) is 18.1 Å². The van der Waals surface area contributed by atoms with E-state index >= 15 is 0 Å². The number of hydrogen-bond donors (Lipinski definition) is 1. The number of carbonyl (C=O) groups is 1.